The minimum absolute atomic E-state index is 0.0496. The van der Waals surface area contributed by atoms with Crippen molar-refractivity contribution in [1.82, 2.24) is 10.2 Å². The van der Waals surface area contributed by atoms with Gasteiger partial charge in [-0.2, -0.15) is 0 Å². The lowest BCUT2D eigenvalue weighted by atomic mass is 9.84. The van der Waals surface area contributed by atoms with Crippen LogP contribution in [0, 0.1) is 17.2 Å². The van der Waals surface area contributed by atoms with Crippen LogP contribution in [0.4, 0.5) is 4.39 Å². The lowest BCUT2D eigenvalue weighted by Crippen LogP contribution is -2.59. The van der Waals surface area contributed by atoms with Gasteiger partial charge in [0.25, 0.3) is 5.91 Å². The molecule has 2 amide bonds. The van der Waals surface area contributed by atoms with Crippen LogP contribution in [0.3, 0.4) is 0 Å². The number of ether oxygens (including phenoxy) is 1. The van der Waals surface area contributed by atoms with Crippen molar-refractivity contribution in [2.45, 2.75) is 92.3 Å². The number of aldehydes is 2. The first kappa shape index (κ1) is 38.8. The molecule has 1 aromatic carbocycles. The molecule has 10 nitrogen and oxygen atoms in total. The van der Waals surface area contributed by atoms with Gasteiger partial charge in [-0.05, 0) is 44.4 Å². The van der Waals surface area contributed by atoms with E-state index in [1.54, 1.807) is 11.8 Å². The SMILES string of the molecule is CCC[C@@H](C=O)N(C(=O)C(NC(=O)c1cccc(OC)c1F)C(C)(C)C)[C@H](C)CC.CN.C[C@H](C=O)CC(=O)O. The number of carbonyl (C=O) groups excluding carboxylic acids is 4. The molecule has 0 fully saturated rings. The largest absolute Gasteiger partial charge is 0.494 e. The van der Waals surface area contributed by atoms with Crippen molar-refractivity contribution in [3.63, 3.8) is 0 Å². The first-order valence-corrected chi connectivity index (χ1v) is 13.4. The Morgan fingerprint density at radius 1 is 1.12 bits per heavy atom. The highest BCUT2D eigenvalue weighted by Crippen LogP contribution is 2.26. The Labute approximate surface area is 237 Å². The molecule has 1 aromatic rings. The van der Waals surface area contributed by atoms with Crippen LogP contribution < -0.4 is 15.8 Å². The molecule has 0 aliphatic rings. The molecule has 228 valence electrons. The number of nitrogens with one attached hydrogen (secondary N) is 1. The van der Waals surface area contributed by atoms with Crippen LogP contribution in [-0.4, -0.2) is 72.6 Å². The number of hydrogen-bond acceptors (Lipinski definition) is 7. The first-order chi connectivity index (χ1) is 18.7. The third-order valence-corrected chi connectivity index (χ3v) is 5.96. The smallest absolute Gasteiger partial charge is 0.304 e. The molecule has 40 heavy (non-hydrogen) atoms. The fraction of sp³-hybridized carbons (Fsp3) is 0.621. The minimum Gasteiger partial charge on any atom is -0.494 e. The first-order valence-electron chi connectivity index (χ1n) is 13.4. The van der Waals surface area contributed by atoms with Gasteiger partial charge >= 0.3 is 5.97 Å². The maximum atomic E-state index is 14.6. The van der Waals surface area contributed by atoms with Gasteiger partial charge in [0.05, 0.1) is 25.1 Å². The predicted molar refractivity (Wildman–Crippen MR) is 153 cm³/mol. The zero-order valence-electron chi connectivity index (χ0n) is 25.3. The molecule has 0 aliphatic carbocycles. The highest BCUT2D eigenvalue weighted by molar-refractivity contribution is 5.98. The highest BCUT2D eigenvalue weighted by Gasteiger charge is 2.39. The molecule has 0 spiro atoms. The van der Waals surface area contributed by atoms with Gasteiger partial charge in [-0.25, -0.2) is 4.39 Å². The second-order valence-corrected chi connectivity index (χ2v) is 10.3. The van der Waals surface area contributed by atoms with E-state index in [1.165, 1.54) is 32.4 Å². The van der Waals surface area contributed by atoms with Crippen molar-refractivity contribution in [3.05, 3.63) is 29.6 Å². The quantitative estimate of drug-likeness (QED) is 0.303. The van der Waals surface area contributed by atoms with E-state index in [1.807, 2.05) is 41.5 Å². The van der Waals surface area contributed by atoms with Crippen molar-refractivity contribution in [1.29, 1.82) is 0 Å². The number of methoxy groups -OCH3 is 1. The summed E-state index contributed by atoms with van der Waals surface area (Å²) in [4.78, 5) is 59.3. The summed E-state index contributed by atoms with van der Waals surface area (Å²) in [6.07, 6.45) is 3.30. The van der Waals surface area contributed by atoms with Crippen LogP contribution in [-0.2, 0) is 19.2 Å². The van der Waals surface area contributed by atoms with Crippen molar-refractivity contribution >= 4 is 30.4 Å². The van der Waals surface area contributed by atoms with Gasteiger partial charge in [0.2, 0.25) is 5.91 Å². The Bertz CT molecular complexity index is 950. The van der Waals surface area contributed by atoms with E-state index in [0.29, 0.717) is 19.1 Å². The van der Waals surface area contributed by atoms with E-state index in [4.69, 9.17) is 9.84 Å². The third-order valence-electron chi connectivity index (χ3n) is 5.96. The number of carboxylic acid groups (broad SMARTS) is 1. The maximum Gasteiger partial charge on any atom is 0.304 e. The normalized spacial score (nSPS) is 13.5. The number of nitrogens with zero attached hydrogens (tertiary/aromatic N) is 1. The predicted octanol–water partition coefficient (Wildman–Crippen LogP) is 3.84. The Hall–Kier alpha value is -3.34. The molecule has 1 rings (SSSR count). The molecule has 0 aromatic heterocycles. The van der Waals surface area contributed by atoms with Gasteiger partial charge in [-0.1, -0.05) is 54.0 Å². The standard InChI is InChI=1S/C23H35FN2O4.C5H8O3.CH5N/c1-8-11-16(14-27)26(15(3)9-2)22(29)20(23(4,5)6)25-21(28)17-12-10-13-18(30-7)19(17)24;1-4(3-6)2-5(7)8;1-2/h10,12-16,20H,8-9,11H2,1-7H3,(H,25,28);3-4H,2H2,1H3,(H,7,8);2H2,1H3/t15-,16+,20?;4-;/m10./s1. The number of rotatable bonds is 13. The summed E-state index contributed by atoms with van der Waals surface area (Å²) < 4.78 is 19.5. The molecule has 0 saturated carbocycles. The summed E-state index contributed by atoms with van der Waals surface area (Å²) >= 11 is 0. The summed E-state index contributed by atoms with van der Waals surface area (Å²) in [5.74, 6) is -3.17. The Balaban J connectivity index is 0. The van der Waals surface area contributed by atoms with E-state index in [0.717, 1.165) is 12.7 Å². The second kappa shape index (κ2) is 19.7. The van der Waals surface area contributed by atoms with Gasteiger partial charge < -0.3 is 35.4 Å². The maximum absolute atomic E-state index is 14.6. The fourth-order valence-electron chi connectivity index (χ4n) is 3.65. The molecule has 4 atom stereocenters. The second-order valence-electron chi connectivity index (χ2n) is 10.3. The number of carbonyl (C=O) groups is 5. The van der Waals surface area contributed by atoms with Gasteiger partial charge in [-0.3, -0.25) is 14.4 Å². The van der Waals surface area contributed by atoms with E-state index in [-0.39, 0.29) is 35.6 Å². The van der Waals surface area contributed by atoms with E-state index in [2.05, 4.69) is 11.1 Å². The van der Waals surface area contributed by atoms with E-state index in [9.17, 15) is 28.4 Å². The zero-order chi connectivity index (χ0) is 31.6. The molecule has 11 heteroatoms. The number of halogens is 1. The van der Waals surface area contributed by atoms with E-state index >= 15 is 0 Å². The lowest BCUT2D eigenvalue weighted by molar-refractivity contribution is -0.143. The Kier molecular flexibility index (Phi) is 19.1. The van der Waals surface area contributed by atoms with E-state index < -0.39 is 35.2 Å². The van der Waals surface area contributed by atoms with Crippen molar-refractivity contribution in [2.75, 3.05) is 14.2 Å². The van der Waals surface area contributed by atoms with Crippen LogP contribution in [0.1, 0.15) is 84.5 Å². The highest BCUT2D eigenvalue weighted by atomic mass is 19.1. The van der Waals surface area contributed by atoms with Crippen molar-refractivity contribution in [3.8, 4) is 5.75 Å². The fourth-order valence-corrected chi connectivity index (χ4v) is 3.65. The number of benzene rings is 1. The third kappa shape index (κ3) is 12.7. The molecule has 0 bridgehead atoms. The number of aliphatic carboxylic acids is 1. The average molecular weight is 570 g/mol. The molecular formula is C29H48FN3O7. The number of amides is 2. The topological polar surface area (TPSA) is 156 Å². The van der Waals surface area contributed by atoms with Crippen LogP contribution >= 0.6 is 0 Å². The summed E-state index contributed by atoms with van der Waals surface area (Å²) in [7, 11) is 2.82. The number of nitrogens with two attached hydrogens (primary N) is 1. The van der Waals surface area contributed by atoms with Gasteiger partial charge in [-0.15, -0.1) is 0 Å². The van der Waals surface area contributed by atoms with Gasteiger partial charge in [0.15, 0.2) is 11.6 Å². The Morgan fingerprint density at radius 2 is 1.70 bits per heavy atom. The van der Waals surface area contributed by atoms with Gasteiger partial charge in [0, 0.05) is 12.0 Å². The zero-order valence-corrected chi connectivity index (χ0v) is 25.3. The van der Waals surface area contributed by atoms with Gasteiger partial charge in [0.1, 0.15) is 18.6 Å². The van der Waals surface area contributed by atoms with Crippen LogP contribution in [0.15, 0.2) is 18.2 Å². The molecule has 0 heterocycles. The molecule has 4 N–H and O–H groups in total. The lowest BCUT2D eigenvalue weighted by Gasteiger charge is -2.40. The Morgan fingerprint density at radius 3 is 2.08 bits per heavy atom. The molecule has 0 radical (unpaired) electrons. The monoisotopic (exact) mass is 569 g/mol. The average Bonchev–Trinajstić information content (AvgIpc) is 2.91. The van der Waals surface area contributed by atoms with Crippen LogP contribution in [0.5, 0.6) is 5.75 Å². The van der Waals surface area contributed by atoms with Crippen molar-refractivity contribution in [2.24, 2.45) is 17.1 Å². The number of hydrogen-bond donors (Lipinski definition) is 3. The van der Waals surface area contributed by atoms with Crippen LogP contribution in [0.2, 0.25) is 0 Å². The summed E-state index contributed by atoms with van der Waals surface area (Å²) in [6.45, 7) is 12.8. The minimum atomic E-state index is -0.941. The molecule has 0 saturated heterocycles. The summed E-state index contributed by atoms with van der Waals surface area (Å²) in [5.41, 5.74) is 3.64. The molecule has 1 unspecified atom stereocenters. The molecular weight excluding hydrogens is 521 g/mol. The van der Waals surface area contributed by atoms with Crippen LogP contribution in [0.25, 0.3) is 0 Å². The summed E-state index contributed by atoms with van der Waals surface area (Å²) in [5, 5.41) is 10.8. The molecule has 0 aliphatic heterocycles. The number of carboxylic acids is 1. The summed E-state index contributed by atoms with van der Waals surface area (Å²) in [6, 6.07) is 2.57. The van der Waals surface area contributed by atoms with Crippen molar-refractivity contribution < 1.29 is 38.2 Å².